The summed E-state index contributed by atoms with van der Waals surface area (Å²) in [7, 11) is 0. The minimum atomic E-state index is -2.73. The lowest BCUT2D eigenvalue weighted by Gasteiger charge is -1.94. The molecular formula is C6H4ClF2NO3S. The number of carbonyl (C=O) groups is 1. The topological polar surface area (TPSA) is 59.4 Å². The standard InChI is InChI=1S/C6H4ClF2NO3S/c7-4-3(5(8)9)14-6(10-4)13-1-2(11)12/h5H,1H2,(H,11,12). The number of carboxylic acid groups (broad SMARTS) is 1. The normalized spacial score (nSPS) is 10.6. The van der Waals surface area contributed by atoms with E-state index in [1.54, 1.807) is 0 Å². The minimum Gasteiger partial charge on any atom is -0.479 e. The minimum absolute atomic E-state index is 0.173. The van der Waals surface area contributed by atoms with Crippen LogP contribution in [0.5, 0.6) is 5.19 Å². The molecule has 0 aliphatic carbocycles. The van der Waals surface area contributed by atoms with Crippen molar-refractivity contribution in [3.63, 3.8) is 0 Å². The van der Waals surface area contributed by atoms with Crippen molar-refractivity contribution < 1.29 is 23.4 Å². The van der Waals surface area contributed by atoms with Crippen LogP contribution in [0.3, 0.4) is 0 Å². The highest BCUT2D eigenvalue weighted by Crippen LogP contribution is 2.35. The maximum absolute atomic E-state index is 12.2. The molecule has 0 aliphatic heterocycles. The molecule has 0 atom stereocenters. The van der Waals surface area contributed by atoms with Crippen molar-refractivity contribution in [2.45, 2.75) is 6.43 Å². The molecule has 0 aliphatic rings. The summed E-state index contributed by atoms with van der Waals surface area (Å²) < 4.78 is 28.9. The van der Waals surface area contributed by atoms with E-state index < -0.39 is 23.9 Å². The van der Waals surface area contributed by atoms with Crippen LogP contribution in [0.2, 0.25) is 5.15 Å². The number of hydrogen-bond donors (Lipinski definition) is 1. The zero-order valence-corrected chi connectivity index (χ0v) is 8.11. The summed E-state index contributed by atoms with van der Waals surface area (Å²) in [5.41, 5.74) is 0. The van der Waals surface area contributed by atoms with E-state index in [-0.39, 0.29) is 10.3 Å². The summed E-state index contributed by atoms with van der Waals surface area (Å²) >= 11 is 5.88. The molecule has 78 valence electrons. The average Bonchev–Trinajstić information content (AvgIpc) is 2.43. The third kappa shape index (κ3) is 2.78. The summed E-state index contributed by atoms with van der Waals surface area (Å²) in [6, 6.07) is 0. The molecule has 8 heteroatoms. The van der Waals surface area contributed by atoms with Crippen LogP contribution in [0.25, 0.3) is 0 Å². The van der Waals surface area contributed by atoms with E-state index in [1.165, 1.54) is 0 Å². The molecule has 0 fully saturated rings. The fourth-order valence-corrected chi connectivity index (χ4v) is 1.60. The Hall–Kier alpha value is -0.950. The number of thiazole rings is 1. The van der Waals surface area contributed by atoms with Crippen molar-refractivity contribution in [2.75, 3.05) is 6.61 Å². The maximum Gasteiger partial charge on any atom is 0.341 e. The Kier molecular flexibility index (Phi) is 3.59. The SMILES string of the molecule is O=C(O)COc1nc(Cl)c(C(F)F)s1. The van der Waals surface area contributed by atoms with Gasteiger partial charge in [-0.25, -0.2) is 13.6 Å². The van der Waals surface area contributed by atoms with Crippen LogP contribution in [0, 0.1) is 0 Å². The van der Waals surface area contributed by atoms with E-state index in [9.17, 15) is 13.6 Å². The van der Waals surface area contributed by atoms with Gasteiger partial charge in [-0.05, 0) is 0 Å². The Labute approximate surface area is 86.1 Å². The molecule has 4 nitrogen and oxygen atoms in total. The average molecular weight is 244 g/mol. The van der Waals surface area contributed by atoms with Crippen LogP contribution in [-0.4, -0.2) is 22.7 Å². The van der Waals surface area contributed by atoms with E-state index in [0.717, 1.165) is 0 Å². The summed E-state index contributed by atoms with van der Waals surface area (Å²) in [5, 5.41) is 7.70. The van der Waals surface area contributed by atoms with Crippen LogP contribution in [0.4, 0.5) is 8.78 Å². The lowest BCUT2D eigenvalue weighted by molar-refractivity contribution is -0.139. The Bertz CT molecular complexity index is 344. The number of carboxylic acids is 1. The Morgan fingerprint density at radius 3 is 2.79 bits per heavy atom. The summed E-state index contributed by atoms with van der Waals surface area (Å²) in [5.74, 6) is -1.21. The van der Waals surface area contributed by atoms with Crippen molar-refractivity contribution in [1.82, 2.24) is 4.98 Å². The first kappa shape index (κ1) is 11.1. The molecule has 0 saturated heterocycles. The number of hydrogen-bond acceptors (Lipinski definition) is 4. The second kappa shape index (κ2) is 4.52. The predicted molar refractivity (Wildman–Crippen MR) is 45.2 cm³/mol. The van der Waals surface area contributed by atoms with E-state index in [0.29, 0.717) is 11.3 Å². The second-order valence-electron chi connectivity index (χ2n) is 2.12. The first-order valence-electron chi connectivity index (χ1n) is 3.29. The first-order chi connectivity index (χ1) is 6.50. The zero-order chi connectivity index (χ0) is 10.7. The number of nitrogens with zero attached hydrogens (tertiary/aromatic N) is 1. The number of halogens is 3. The molecule has 1 rings (SSSR count). The van der Waals surface area contributed by atoms with Gasteiger partial charge >= 0.3 is 5.97 Å². The molecule has 0 unspecified atom stereocenters. The summed E-state index contributed by atoms with van der Waals surface area (Å²) in [6.07, 6.45) is -2.73. The van der Waals surface area contributed by atoms with Crippen molar-refractivity contribution >= 4 is 28.9 Å². The van der Waals surface area contributed by atoms with Crippen molar-refractivity contribution in [2.24, 2.45) is 0 Å². The van der Waals surface area contributed by atoms with Crippen LogP contribution in [0.15, 0.2) is 0 Å². The molecule has 0 bridgehead atoms. The quantitative estimate of drug-likeness (QED) is 0.881. The van der Waals surface area contributed by atoms with E-state index in [1.807, 2.05) is 0 Å². The van der Waals surface area contributed by atoms with E-state index >= 15 is 0 Å². The van der Waals surface area contributed by atoms with Crippen molar-refractivity contribution in [3.05, 3.63) is 10.0 Å². The fraction of sp³-hybridized carbons (Fsp3) is 0.333. The van der Waals surface area contributed by atoms with Gasteiger partial charge in [0.25, 0.3) is 11.6 Å². The first-order valence-corrected chi connectivity index (χ1v) is 4.49. The van der Waals surface area contributed by atoms with Gasteiger partial charge in [0.2, 0.25) is 0 Å². The molecule has 14 heavy (non-hydrogen) atoms. The van der Waals surface area contributed by atoms with Crippen LogP contribution < -0.4 is 4.74 Å². The highest BCUT2D eigenvalue weighted by atomic mass is 35.5. The Morgan fingerprint density at radius 2 is 2.36 bits per heavy atom. The molecule has 1 heterocycles. The lowest BCUT2D eigenvalue weighted by atomic mass is 10.6. The Morgan fingerprint density at radius 1 is 1.71 bits per heavy atom. The van der Waals surface area contributed by atoms with Crippen LogP contribution in [0.1, 0.15) is 11.3 Å². The Balaban J connectivity index is 2.71. The summed E-state index contributed by atoms with van der Waals surface area (Å²) in [4.78, 5) is 13.1. The molecule has 1 N–H and O–H groups in total. The van der Waals surface area contributed by atoms with E-state index in [2.05, 4.69) is 9.72 Å². The monoisotopic (exact) mass is 243 g/mol. The van der Waals surface area contributed by atoms with Gasteiger partial charge in [0, 0.05) is 0 Å². The fourth-order valence-electron chi connectivity index (χ4n) is 0.614. The number of ether oxygens (including phenoxy) is 1. The summed E-state index contributed by atoms with van der Waals surface area (Å²) in [6.45, 7) is -0.632. The lowest BCUT2D eigenvalue weighted by Crippen LogP contribution is -2.08. The van der Waals surface area contributed by atoms with Gasteiger partial charge in [-0.15, -0.1) is 0 Å². The molecule has 1 aromatic rings. The number of rotatable bonds is 4. The van der Waals surface area contributed by atoms with Crippen LogP contribution >= 0.6 is 22.9 Å². The zero-order valence-electron chi connectivity index (χ0n) is 6.54. The second-order valence-corrected chi connectivity index (χ2v) is 3.47. The molecule has 1 aromatic heterocycles. The van der Waals surface area contributed by atoms with E-state index in [4.69, 9.17) is 16.7 Å². The molecular weight excluding hydrogens is 240 g/mol. The van der Waals surface area contributed by atoms with Gasteiger partial charge in [0.1, 0.15) is 4.88 Å². The van der Waals surface area contributed by atoms with Crippen LogP contribution in [-0.2, 0) is 4.79 Å². The molecule has 0 amide bonds. The van der Waals surface area contributed by atoms with Gasteiger partial charge in [-0.1, -0.05) is 22.9 Å². The molecule has 0 aromatic carbocycles. The highest BCUT2D eigenvalue weighted by Gasteiger charge is 2.19. The molecule has 0 radical (unpaired) electrons. The van der Waals surface area contributed by atoms with Gasteiger partial charge in [-0.3, -0.25) is 0 Å². The van der Waals surface area contributed by atoms with Crippen molar-refractivity contribution in [3.8, 4) is 5.19 Å². The van der Waals surface area contributed by atoms with Gasteiger partial charge in [0.15, 0.2) is 11.8 Å². The smallest absolute Gasteiger partial charge is 0.341 e. The third-order valence-electron chi connectivity index (χ3n) is 1.11. The number of alkyl halides is 2. The number of aromatic nitrogens is 1. The molecule has 0 spiro atoms. The number of aliphatic carboxylic acids is 1. The molecule has 0 saturated carbocycles. The third-order valence-corrected chi connectivity index (χ3v) is 2.48. The van der Waals surface area contributed by atoms with Crippen molar-refractivity contribution in [1.29, 1.82) is 0 Å². The largest absolute Gasteiger partial charge is 0.479 e. The maximum atomic E-state index is 12.2. The van der Waals surface area contributed by atoms with Gasteiger partial charge in [-0.2, -0.15) is 4.98 Å². The van der Waals surface area contributed by atoms with Gasteiger partial charge in [0.05, 0.1) is 0 Å². The predicted octanol–water partition coefficient (Wildman–Crippen LogP) is 2.20. The highest BCUT2D eigenvalue weighted by molar-refractivity contribution is 7.14. The van der Waals surface area contributed by atoms with Gasteiger partial charge < -0.3 is 9.84 Å².